The smallest absolute Gasteiger partial charge is 0.237 e. The fraction of sp³-hybridized carbons (Fsp3) is 0.533. The Bertz CT molecular complexity index is 397. The van der Waals surface area contributed by atoms with Crippen LogP contribution in [0.4, 0.5) is 0 Å². The zero-order valence-corrected chi connectivity index (χ0v) is 12.0. The van der Waals surface area contributed by atoms with Crippen LogP contribution in [0.1, 0.15) is 37.9 Å². The van der Waals surface area contributed by atoms with E-state index in [0.717, 1.165) is 18.4 Å². The fourth-order valence-corrected chi connectivity index (χ4v) is 1.99. The van der Waals surface area contributed by atoms with Crippen LogP contribution in [-0.2, 0) is 4.79 Å². The number of hydrogen-bond donors (Lipinski definition) is 4. The molecule has 0 saturated heterocycles. The first-order valence-electron chi connectivity index (χ1n) is 7.05. The molecule has 1 amide bonds. The summed E-state index contributed by atoms with van der Waals surface area (Å²) >= 11 is 0. The number of hydrogen-bond acceptors (Lipinski definition) is 4. The van der Waals surface area contributed by atoms with Gasteiger partial charge in [0.05, 0.1) is 18.2 Å². The van der Waals surface area contributed by atoms with E-state index in [1.54, 1.807) is 6.92 Å². The number of nitrogens with two attached hydrogens (primary N) is 2. The van der Waals surface area contributed by atoms with Gasteiger partial charge in [-0.25, -0.2) is 0 Å². The van der Waals surface area contributed by atoms with Crippen molar-refractivity contribution in [2.24, 2.45) is 11.5 Å². The molecule has 1 aromatic carbocycles. The number of amides is 1. The van der Waals surface area contributed by atoms with Gasteiger partial charge in [0.15, 0.2) is 0 Å². The molecule has 20 heavy (non-hydrogen) atoms. The molecule has 0 saturated carbocycles. The van der Waals surface area contributed by atoms with Crippen LogP contribution >= 0.6 is 0 Å². The Morgan fingerprint density at radius 3 is 2.55 bits per heavy atom. The van der Waals surface area contributed by atoms with E-state index in [-0.39, 0.29) is 11.9 Å². The number of aliphatic hydroxyl groups excluding tert-OH is 1. The molecule has 0 aromatic heterocycles. The normalized spacial score (nSPS) is 15.4. The van der Waals surface area contributed by atoms with Crippen LogP contribution in [0.5, 0.6) is 0 Å². The van der Waals surface area contributed by atoms with Crippen molar-refractivity contribution < 1.29 is 9.90 Å². The Hall–Kier alpha value is -1.43. The molecule has 1 aromatic rings. The summed E-state index contributed by atoms with van der Waals surface area (Å²) in [6.07, 6.45) is 1.57. The minimum atomic E-state index is -0.739. The fourth-order valence-electron chi connectivity index (χ4n) is 1.99. The predicted octanol–water partition coefficient (Wildman–Crippen LogP) is 0.681. The molecular formula is C15H25N3O2. The van der Waals surface area contributed by atoms with Crippen molar-refractivity contribution in [2.45, 2.75) is 44.4 Å². The number of aliphatic hydroxyl groups is 1. The summed E-state index contributed by atoms with van der Waals surface area (Å²) in [6.45, 7) is 2.37. The lowest BCUT2D eigenvalue weighted by Crippen LogP contribution is -2.46. The van der Waals surface area contributed by atoms with Crippen molar-refractivity contribution >= 4 is 5.91 Å². The largest absolute Gasteiger partial charge is 0.386 e. The monoisotopic (exact) mass is 279 g/mol. The SMILES string of the molecule is C[C@H](NC(=O)[C@@H](N)CCCCN)C(O)c1ccccc1. The Morgan fingerprint density at radius 2 is 1.95 bits per heavy atom. The number of carbonyl (C=O) groups excluding carboxylic acids is 1. The number of rotatable bonds is 8. The molecule has 3 atom stereocenters. The molecule has 0 heterocycles. The van der Waals surface area contributed by atoms with E-state index in [2.05, 4.69) is 5.32 Å². The summed E-state index contributed by atoms with van der Waals surface area (Å²) in [5.74, 6) is -0.232. The maximum atomic E-state index is 11.9. The lowest BCUT2D eigenvalue weighted by molar-refractivity contribution is -0.124. The van der Waals surface area contributed by atoms with Crippen molar-refractivity contribution in [1.29, 1.82) is 0 Å². The van der Waals surface area contributed by atoms with E-state index in [9.17, 15) is 9.90 Å². The second-order valence-electron chi connectivity index (χ2n) is 5.04. The second kappa shape index (κ2) is 8.68. The molecule has 0 spiro atoms. The molecule has 0 aliphatic carbocycles. The van der Waals surface area contributed by atoms with Crippen molar-refractivity contribution in [2.75, 3.05) is 6.54 Å². The third-order valence-corrected chi connectivity index (χ3v) is 3.29. The van der Waals surface area contributed by atoms with E-state index in [1.165, 1.54) is 0 Å². The van der Waals surface area contributed by atoms with E-state index in [1.807, 2.05) is 30.3 Å². The summed E-state index contributed by atoms with van der Waals surface area (Å²) in [7, 11) is 0. The summed E-state index contributed by atoms with van der Waals surface area (Å²) in [6, 6.07) is 8.31. The summed E-state index contributed by atoms with van der Waals surface area (Å²) in [5, 5.41) is 12.9. The molecule has 6 N–H and O–H groups in total. The van der Waals surface area contributed by atoms with Crippen LogP contribution < -0.4 is 16.8 Å². The number of unbranched alkanes of at least 4 members (excludes halogenated alkanes) is 1. The molecule has 0 aliphatic rings. The van der Waals surface area contributed by atoms with Crippen molar-refractivity contribution in [1.82, 2.24) is 5.32 Å². The number of carbonyl (C=O) groups is 1. The molecule has 1 rings (SSSR count). The maximum Gasteiger partial charge on any atom is 0.237 e. The van der Waals surface area contributed by atoms with Gasteiger partial charge in [-0.3, -0.25) is 4.79 Å². The van der Waals surface area contributed by atoms with Gasteiger partial charge in [0, 0.05) is 0 Å². The molecule has 0 radical (unpaired) electrons. The summed E-state index contributed by atoms with van der Waals surface area (Å²) < 4.78 is 0. The van der Waals surface area contributed by atoms with Gasteiger partial charge in [0.25, 0.3) is 0 Å². The van der Waals surface area contributed by atoms with Gasteiger partial charge in [-0.1, -0.05) is 36.8 Å². The first-order valence-corrected chi connectivity index (χ1v) is 7.05. The third kappa shape index (κ3) is 5.28. The highest BCUT2D eigenvalue weighted by Crippen LogP contribution is 2.16. The first-order chi connectivity index (χ1) is 9.56. The average Bonchev–Trinajstić information content (AvgIpc) is 2.47. The van der Waals surface area contributed by atoms with Gasteiger partial charge in [0.2, 0.25) is 5.91 Å². The average molecular weight is 279 g/mol. The van der Waals surface area contributed by atoms with E-state index < -0.39 is 12.1 Å². The van der Waals surface area contributed by atoms with Crippen LogP contribution in [0.2, 0.25) is 0 Å². The van der Waals surface area contributed by atoms with Crippen LogP contribution in [0.15, 0.2) is 30.3 Å². The quantitative estimate of drug-likeness (QED) is 0.526. The van der Waals surface area contributed by atoms with Crippen molar-refractivity contribution in [3.05, 3.63) is 35.9 Å². The molecule has 5 nitrogen and oxygen atoms in total. The van der Waals surface area contributed by atoms with Crippen molar-refractivity contribution in [3.63, 3.8) is 0 Å². The summed E-state index contributed by atoms with van der Waals surface area (Å²) in [5.41, 5.74) is 12.0. The van der Waals surface area contributed by atoms with E-state index in [4.69, 9.17) is 11.5 Å². The maximum absolute atomic E-state index is 11.9. The zero-order chi connectivity index (χ0) is 15.0. The van der Waals surface area contributed by atoms with Gasteiger partial charge < -0.3 is 21.9 Å². The molecule has 1 unspecified atom stereocenters. The van der Waals surface area contributed by atoms with Gasteiger partial charge >= 0.3 is 0 Å². The Morgan fingerprint density at radius 1 is 1.30 bits per heavy atom. The second-order valence-corrected chi connectivity index (χ2v) is 5.04. The predicted molar refractivity (Wildman–Crippen MR) is 79.9 cm³/mol. The third-order valence-electron chi connectivity index (χ3n) is 3.29. The molecule has 112 valence electrons. The van der Waals surface area contributed by atoms with Gasteiger partial charge in [0.1, 0.15) is 0 Å². The number of benzene rings is 1. The first kappa shape index (κ1) is 16.6. The van der Waals surface area contributed by atoms with Gasteiger partial charge in [-0.2, -0.15) is 0 Å². The lowest BCUT2D eigenvalue weighted by atomic mass is 10.0. The minimum absolute atomic E-state index is 0.232. The Balaban J connectivity index is 2.44. The topological polar surface area (TPSA) is 101 Å². The van der Waals surface area contributed by atoms with Crippen LogP contribution in [0.25, 0.3) is 0 Å². The molecular weight excluding hydrogens is 254 g/mol. The lowest BCUT2D eigenvalue weighted by Gasteiger charge is -2.22. The van der Waals surface area contributed by atoms with E-state index in [0.29, 0.717) is 13.0 Å². The molecule has 5 heteroatoms. The number of nitrogens with one attached hydrogen (secondary N) is 1. The minimum Gasteiger partial charge on any atom is -0.386 e. The highest BCUT2D eigenvalue weighted by Gasteiger charge is 2.21. The Kier molecular flexibility index (Phi) is 7.22. The van der Waals surface area contributed by atoms with Crippen molar-refractivity contribution in [3.8, 4) is 0 Å². The Labute approximate surface area is 120 Å². The molecule has 0 bridgehead atoms. The van der Waals surface area contributed by atoms with Gasteiger partial charge in [-0.15, -0.1) is 0 Å². The van der Waals surface area contributed by atoms with Crippen LogP contribution in [0.3, 0.4) is 0 Å². The van der Waals surface area contributed by atoms with E-state index >= 15 is 0 Å². The summed E-state index contributed by atoms with van der Waals surface area (Å²) in [4.78, 5) is 11.9. The zero-order valence-electron chi connectivity index (χ0n) is 12.0. The van der Waals surface area contributed by atoms with Crippen LogP contribution in [0, 0.1) is 0 Å². The van der Waals surface area contributed by atoms with Gasteiger partial charge in [-0.05, 0) is 31.9 Å². The van der Waals surface area contributed by atoms with Crippen LogP contribution in [-0.4, -0.2) is 29.6 Å². The highest BCUT2D eigenvalue weighted by molar-refractivity contribution is 5.81. The molecule has 0 aliphatic heterocycles. The molecule has 0 fully saturated rings. The standard InChI is InChI=1S/C15H25N3O2/c1-11(14(19)12-7-3-2-4-8-12)18-15(20)13(17)9-5-6-10-16/h2-4,7-8,11,13-14,19H,5-6,9-10,16-17H2,1H3,(H,18,20)/t11-,13-,14?/m0/s1. The highest BCUT2D eigenvalue weighted by atomic mass is 16.3.